The van der Waals surface area contributed by atoms with Crippen molar-refractivity contribution >= 4 is 0 Å². The predicted octanol–water partition coefficient (Wildman–Crippen LogP) is 2.04. The van der Waals surface area contributed by atoms with Crippen molar-refractivity contribution in [2.45, 2.75) is 46.0 Å². The Bertz CT molecular complexity index is 256. The van der Waals surface area contributed by atoms with Gasteiger partial charge in [-0.1, -0.05) is 27.2 Å². The van der Waals surface area contributed by atoms with Gasteiger partial charge in [0.15, 0.2) is 5.79 Å². The lowest BCUT2D eigenvalue weighted by Gasteiger charge is -2.41. The van der Waals surface area contributed by atoms with Gasteiger partial charge in [-0.05, 0) is 18.8 Å². The van der Waals surface area contributed by atoms with Gasteiger partial charge in [0.05, 0.1) is 19.3 Å². The summed E-state index contributed by atoms with van der Waals surface area (Å²) in [6.45, 7) is 9.79. The summed E-state index contributed by atoms with van der Waals surface area (Å²) in [5.41, 5.74) is 0. The first-order chi connectivity index (χ1) is 7.49. The fourth-order valence-electron chi connectivity index (χ4n) is 2.99. The van der Waals surface area contributed by atoms with Gasteiger partial charge in [0.2, 0.25) is 0 Å². The molecule has 3 nitrogen and oxygen atoms in total. The lowest BCUT2D eigenvalue weighted by atomic mass is 9.74. The smallest absolute Gasteiger partial charge is 0.168 e. The first-order valence-electron chi connectivity index (χ1n) is 6.45. The van der Waals surface area contributed by atoms with Gasteiger partial charge in [0, 0.05) is 11.8 Å². The molecule has 2 rings (SSSR count). The van der Waals surface area contributed by atoms with Crippen LogP contribution in [0.3, 0.4) is 0 Å². The molecule has 0 aromatic carbocycles. The molecule has 2 aliphatic heterocycles. The quantitative estimate of drug-likeness (QED) is 0.803. The van der Waals surface area contributed by atoms with Crippen LogP contribution in [-0.4, -0.2) is 30.2 Å². The van der Waals surface area contributed by atoms with Gasteiger partial charge in [0.25, 0.3) is 0 Å². The highest BCUT2D eigenvalue weighted by Gasteiger charge is 2.53. The SMILES string of the molecule is CCC(C)[C@H](O)C1COC2(C)OCC1C2C. The number of ether oxygens (including phenoxy) is 2. The molecule has 1 N–H and O–H groups in total. The van der Waals surface area contributed by atoms with E-state index in [0.29, 0.717) is 24.4 Å². The second kappa shape index (κ2) is 4.28. The third-order valence-electron chi connectivity index (χ3n) is 4.81. The van der Waals surface area contributed by atoms with Crippen molar-refractivity contribution in [3.8, 4) is 0 Å². The molecule has 2 saturated heterocycles. The molecule has 6 atom stereocenters. The van der Waals surface area contributed by atoms with Crippen molar-refractivity contribution in [1.29, 1.82) is 0 Å². The summed E-state index contributed by atoms with van der Waals surface area (Å²) in [7, 11) is 0. The number of fused-ring (bicyclic) bond motifs is 2. The summed E-state index contributed by atoms with van der Waals surface area (Å²) in [4.78, 5) is 0. The molecule has 2 heterocycles. The van der Waals surface area contributed by atoms with E-state index in [-0.39, 0.29) is 12.0 Å². The molecule has 2 bridgehead atoms. The van der Waals surface area contributed by atoms with Crippen LogP contribution in [0, 0.1) is 23.7 Å². The summed E-state index contributed by atoms with van der Waals surface area (Å²) < 4.78 is 11.6. The maximum Gasteiger partial charge on any atom is 0.168 e. The van der Waals surface area contributed by atoms with E-state index in [1.165, 1.54) is 0 Å². The Morgan fingerprint density at radius 2 is 2.00 bits per heavy atom. The molecule has 0 aromatic heterocycles. The van der Waals surface area contributed by atoms with Crippen molar-refractivity contribution < 1.29 is 14.6 Å². The van der Waals surface area contributed by atoms with E-state index in [4.69, 9.17) is 9.47 Å². The van der Waals surface area contributed by atoms with Gasteiger partial charge in [-0.25, -0.2) is 0 Å². The van der Waals surface area contributed by atoms with Gasteiger partial charge < -0.3 is 14.6 Å². The van der Waals surface area contributed by atoms with Crippen molar-refractivity contribution in [2.24, 2.45) is 23.7 Å². The summed E-state index contributed by atoms with van der Waals surface area (Å²) in [5.74, 6) is 0.995. The Kier molecular flexibility index (Phi) is 3.30. The number of aliphatic hydroxyl groups is 1. The van der Waals surface area contributed by atoms with Crippen LogP contribution in [0.1, 0.15) is 34.1 Å². The molecular weight excluding hydrogens is 204 g/mol. The summed E-state index contributed by atoms with van der Waals surface area (Å²) in [6.07, 6.45) is 0.750. The van der Waals surface area contributed by atoms with Crippen LogP contribution < -0.4 is 0 Å². The molecule has 16 heavy (non-hydrogen) atoms. The highest BCUT2D eigenvalue weighted by Crippen LogP contribution is 2.47. The lowest BCUT2D eigenvalue weighted by Crippen LogP contribution is -2.48. The average Bonchev–Trinajstić information content (AvgIpc) is 2.49. The first kappa shape index (κ1) is 12.3. The van der Waals surface area contributed by atoms with E-state index >= 15 is 0 Å². The number of hydrogen-bond donors (Lipinski definition) is 1. The lowest BCUT2D eigenvalue weighted by molar-refractivity contribution is -0.239. The zero-order chi connectivity index (χ0) is 11.9. The number of aliphatic hydroxyl groups excluding tert-OH is 1. The standard InChI is InChI=1S/C13H24O3/c1-5-8(2)12(14)11-7-16-13(4)9(3)10(11)6-15-13/h8-12,14H,5-7H2,1-4H3/t8?,9?,10?,11?,12-,13?/m0/s1. The first-order valence-corrected chi connectivity index (χ1v) is 6.45. The van der Waals surface area contributed by atoms with E-state index in [2.05, 4.69) is 20.8 Å². The molecule has 0 amide bonds. The molecule has 94 valence electrons. The van der Waals surface area contributed by atoms with Gasteiger partial charge >= 0.3 is 0 Å². The Morgan fingerprint density at radius 3 is 2.62 bits per heavy atom. The largest absolute Gasteiger partial charge is 0.392 e. The maximum atomic E-state index is 10.3. The van der Waals surface area contributed by atoms with Crippen LogP contribution in [-0.2, 0) is 9.47 Å². The monoisotopic (exact) mass is 228 g/mol. The highest BCUT2D eigenvalue weighted by atomic mass is 16.7. The van der Waals surface area contributed by atoms with E-state index in [1.54, 1.807) is 0 Å². The van der Waals surface area contributed by atoms with Crippen LogP contribution in [0.2, 0.25) is 0 Å². The van der Waals surface area contributed by atoms with E-state index in [0.717, 1.165) is 13.0 Å². The topological polar surface area (TPSA) is 38.7 Å². The number of rotatable bonds is 3. The van der Waals surface area contributed by atoms with Crippen LogP contribution in [0.25, 0.3) is 0 Å². The average molecular weight is 228 g/mol. The fourth-order valence-corrected chi connectivity index (χ4v) is 2.99. The van der Waals surface area contributed by atoms with E-state index in [1.807, 2.05) is 6.92 Å². The third kappa shape index (κ3) is 1.79. The second-order valence-corrected chi connectivity index (χ2v) is 5.63. The molecule has 0 saturated carbocycles. The Labute approximate surface area is 98.1 Å². The minimum atomic E-state index is -0.406. The van der Waals surface area contributed by atoms with Crippen molar-refractivity contribution in [2.75, 3.05) is 13.2 Å². The fraction of sp³-hybridized carbons (Fsp3) is 1.00. The van der Waals surface area contributed by atoms with E-state index in [9.17, 15) is 5.11 Å². The predicted molar refractivity (Wildman–Crippen MR) is 61.9 cm³/mol. The zero-order valence-corrected chi connectivity index (χ0v) is 10.8. The third-order valence-corrected chi connectivity index (χ3v) is 4.81. The molecule has 5 unspecified atom stereocenters. The van der Waals surface area contributed by atoms with Gasteiger partial charge in [-0.15, -0.1) is 0 Å². The van der Waals surface area contributed by atoms with Gasteiger partial charge in [0.1, 0.15) is 0 Å². The molecular formula is C13H24O3. The van der Waals surface area contributed by atoms with Gasteiger partial charge in [-0.2, -0.15) is 0 Å². The summed E-state index contributed by atoms with van der Waals surface area (Å²) >= 11 is 0. The van der Waals surface area contributed by atoms with Crippen LogP contribution in [0.5, 0.6) is 0 Å². The molecule has 3 heteroatoms. The number of hydrogen-bond acceptors (Lipinski definition) is 3. The van der Waals surface area contributed by atoms with Crippen LogP contribution in [0.15, 0.2) is 0 Å². The molecule has 0 radical (unpaired) electrons. The van der Waals surface area contributed by atoms with E-state index < -0.39 is 5.79 Å². The Balaban J connectivity index is 2.09. The van der Waals surface area contributed by atoms with Crippen LogP contribution in [0.4, 0.5) is 0 Å². The van der Waals surface area contributed by atoms with Crippen molar-refractivity contribution in [1.82, 2.24) is 0 Å². The molecule has 0 aliphatic carbocycles. The molecule has 0 spiro atoms. The molecule has 2 fully saturated rings. The highest BCUT2D eigenvalue weighted by molar-refractivity contribution is 4.95. The van der Waals surface area contributed by atoms with Crippen molar-refractivity contribution in [3.63, 3.8) is 0 Å². The second-order valence-electron chi connectivity index (χ2n) is 5.63. The summed E-state index contributed by atoms with van der Waals surface area (Å²) in [5, 5.41) is 10.3. The molecule has 0 aromatic rings. The maximum absolute atomic E-state index is 10.3. The minimum Gasteiger partial charge on any atom is -0.392 e. The Hall–Kier alpha value is -0.120. The van der Waals surface area contributed by atoms with Gasteiger partial charge in [-0.3, -0.25) is 0 Å². The van der Waals surface area contributed by atoms with Crippen LogP contribution >= 0.6 is 0 Å². The van der Waals surface area contributed by atoms with Crippen molar-refractivity contribution in [3.05, 3.63) is 0 Å². The Morgan fingerprint density at radius 1 is 1.38 bits per heavy atom. The summed E-state index contributed by atoms with van der Waals surface area (Å²) in [6, 6.07) is 0. The normalized spacial score (nSPS) is 46.7. The minimum absolute atomic E-state index is 0.237. The zero-order valence-electron chi connectivity index (χ0n) is 10.8. The molecule has 2 aliphatic rings.